The fourth-order valence-electron chi connectivity index (χ4n) is 1.73. The molecule has 1 aromatic heterocycles. The fourth-order valence-corrected chi connectivity index (χ4v) is 2.90. The Hall–Kier alpha value is -0.360. The molecule has 1 saturated heterocycles. The highest BCUT2D eigenvalue weighted by Gasteiger charge is 2.28. The summed E-state index contributed by atoms with van der Waals surface area (Å²) >= 11 is 7.30. The van der Waals surface area contributed by atoms with E-state index in [0.717, 1.165) is 31.1 Å². The molecule has 0 spiro atoms. The Morgan fingerprint density at radius 3 is 2.62 bits per heavy atom. The molecule has 1 fully saturated rings. The van der Waals surface area contributed by atoms with E-state index in [1.807, 2.05) is 6.92 Å². The summed E-state index contributed by atoms with van der Waals surface area (Å²) in [5.74, 6) is 0. The number of hydrogen-bond donors (Lipinski definition) is 2. The van der Waals surface area contributed by atoms with E-state index in [2.05, 4.69) is 9.88 Å². The van der Waals surface area contributed by atoms with Crippen LogP contribution in [-0.4, -0.2) is 33.9 Å². The van der Waals surface area contributed by atoms with Gasteiger partial charge < -0.3 is 15.1 Å². The monoisotopic (exact) mass is 262 g/mol. The second-order valence-corrected chi connectivity index (χ2v) is 5.77. The van der Waals surface area contributed by atoms with Gasteiger partial charge in [0.1, 0.15) is 5.15 Å². The van der Waals surface area contributed by atoms with Crippen molar-refractivity contribution < 1.29 is 10.2 Å². The maximum absolute atomic E-state index is 9.84. The van der Waals surface area contributed by atoms with Crippen LogP contribution in [0.5, 0.6) is 0 Å². The average molecular weight is 263 g/mol. The van der Waals surface area contributed by atoms with Gasteiger partial charge in [-0.05, 0) is 19.8 Å². The van der Waals surface area contributed by atoms with Crippen LogP contribution in [0.4, 0.5) is 5.13 Å². The number of nitrogens with zero attached hydrogens (tertiary/aromatic N) is 2. The van der Waals surface area contributed by atoms with E-state index >= 15 is 0 Å². The van der Waals surface area contributed by atoms with Crippen molar-refractivity contribution in [3.05, 3.63) is 10.0 Å². The smallest absolute Gasteiger partial charge is 0.187 e. The Labute approximate surface area is 103 Å². The third-order valence-electron chi connectivity index (χ3n) is 2.89. The van der Waals surface area contributed by atoms with E-state index in [-0.39, 0.29) is 6.61 Å². The number of rotatable bonds is 2. The molecule has 6 heteroatoms. The minimum atomic E-state index is -0.558. The Kier molecular flexibility index (Phi) is 3.39. The van der Waals surface area contributed by atoms with Crippen molar-refractivity contribution >= 4 is 28.1 Å². The van der Waals surface area contributed by atoms with Gasteiger partial charge in [0.2, 0.25) is 0 Å². The lowest BCUT2D eigenvalue weighted by Gasteiger charge is -2.35. The van der Waals surface area contributed by atoms with Crippen LogP contribution in [0.1, 0.15) is 24.6 Å². The standard InChI is InChI=1S/C10H15ClN2O2S/c1-10(15)2-4-13(5-3-10)9-12-8(11)7(6-14)16-9/h14-15H,2-6H2,1H3. The number of hydrogen-bond acceptors (Lipinski definition) is 5. The van der Waals surface area contributed by atoms with Crippen molar-refractivity contribution in [1.82, 2.24) is 4.98 Å². The van der Waals surface area contributed by atoms with Gasteiger partial charge in [0, 0.05) is 13.1 Å². The number of aliphatic hydroxyl groups excluding tert-OH is 1. The maximum atomic E-state index is 9.84. The molecular formula is C10H15ClN2O2S. The lowest BCUT2D eigenvalue weighted by atomic mass is 9.94. The maximum Gasteiger partial charge on any atom is 0.187 e. The van der Waals surface area contributed by atoms with Gasteiger partial charge in [-0.3, -0.25) is 0 Å². The van der Waals surface area contributed by atoms with E-state index in [0.29, 0.717) is 10.0 Å². The minimum absolute atomic E-state index is 0.0674. The molecule has 2 N–H and O–H groups in total. The first-order chi connectivity index (χ1) is 7.52. The summed E-state index contributed by atoms with van der Waals surface area (Å²) in [5.41, 5.74) is -0.558. The van der Waals surface area contributed by atoms with Crippen molar-refractivity contribution in [2.75, 3.05) is 18.0 Å². The normalized spacial score (nSPS) is 20.1. The highest BCUT2D eigenvalue weighted by Crippen LogP contribution is 2.32. The third-order valence-corrected chi connectivity index (χ3v) is 4.42. The summed E-state index contributed by atoms with van der Waals surface area (Å²) in [4.78, 5) is 7.03. The molecule has 0 aromatic carbocycles. The second kappa shape index (κ2) is 4.49. The van der Waals surface area contributed by atoms with Crippen LogP contribution in [0.2, 0.25) is 5.15 Å². The summed E-state index contributed by atoms with van der Waals surface area (Å²) in [5, 5.41) is 20.1. The second-order valence-electron chi connectivity index (χ2n) is 4.35. The predicted molar refractivity (Wildman–Crippen MR) is 65.1 cm³/mol. The van der Waals surface area contributed by atoms with Gasteiger partial charge in [-0.25, -0.2) is 4.98 Å². The van der Waals surface area contributed by atoms with Gasteiger partial charge in [-0.2, -0.15) is 0 Å². The van der Waals surface area contributed by atoms with Crippen molar-refractivity contribution in [3.8, 4) is 0 Å². The molecule has 0 amide bonds. The zero-order valence-electron chi connectivity index (χ0n) is 9.11. The van der Waals surface area contributed by atoms with E-state index in [1.165, 1.54) is 11.3 Å². The molecule has 4 nitrogen and oxygen atoms in total. The third kappa shape index (κ3) is 2.48. The molecule has 0 atom stereocenters. The number of aliphatic hydroxyl groups is 2. The number of piperidine rings is 1. The fraction of sp³-hybridized carbons (Fsp3) is 0.700. The first kappa shape index (κ1) is 12.1. The molecule has 2 heterocycles. The highest BCUT2D eigenvalue weighted by molar-refractivity contribution is 7.16. The van der Waals surface area contributed by atoms with Gasteiger partial charge in [0.25, 0.3) is 0 Å². The molecule has 0 unspecified atom stereocenters. The Balaban J connectivity index is 2.08. The average Bonchev–Trinajstić information content (AvgIpc) is 2.59. The molecule has 0 saturated carbocycles. The van der Waals surface area contributed by atoms with Gasteiger partial charge in [0.15, 0.2) is 5.13 Å². The largest absolute Gasteiger partial charge is 0.391 e. The molecule has 0 radical (unpaired) electrons. The van der Waals surface area contributed by atoms with Crippen LogP contribution in [0.3, 0.4) is 0 Å². The van der Waals surface area contributed by atoms with Crippen LogP contribution in [0.25, 0.3) is 0 Å². The Morgan fingerprint density at radius 2 is 2.12 bits per heavy atom. The Morgan fingerprint density at radius 1 is 1.50 bits per heavy atom. The molecular weight excluding hydrogens is 248 g/mol. The lowest BCUT2D eigenvalue weighted by Crippen LogP contribution is -2.42. The van der Waals surface area contributed by atoms with E-state index in [9.17, 15) is 5.11 Å². The first-order valence-electron chi connectivity index (χ1n) is 5.25. The lowest BCUT2D eigenvalue weighted by molar-refractivity contribution is 0.0351. The molecule has 90 valence electrons. The molecule has 1 aliphatic rings. The summed E-state index contributed by atoms with van der Waals surface area (Å²) in [6.07, 6.45) is 1.47. The van der Waals surface area contributed by atoms with Crippen molar-refractivity contribution in [1.29, 1.82) is 0 Å². The van der Waals surface area contributed by atoms with Gasteiger partial charge >= 0.3 is 0 Å². The number of aromatic nitrogens is 1. The van der Waals surface area contributed by atoms with Gasteiger partial charge in [0.05, 0.1) is 17.1 Å². The highest BCUT2D eigenvalue weighted by atomic mass is 35.5. The summed E-state index contributed by atoms with van der Waals surface area (Å²) < 4.78 is 0. The zero-order valence-corrected chi connectivity index (χ0v) is 10.7. The van der Waals surface area contributed by atoms with Gasteiger partial charge in [-0.15, -0.1) is 0 Å². The van der Waals surface area contributed by atoms with E-state index in [4.69, 9.17) is 16.7 Å². The first-order valence-corrected chi connectivity index (χ1v) is 6.45. The number of anilines is 1. The molecule has 16 heavy (non-hydrogen) atoms. The van der Waals surface area contributed by atoms with Crippen LogP contribution in [0, 0.1) is 0 Å². The summed E-state index contributed by atoms with van der Waals surface area (Å²) in [6, 6.07) is 0. The van der Waals surface area contributed by atoms with Crippen LogP contribution >= 0.6 is 22.9 Å². The zero-order chi connectivity index (χ0) is 11.8. The van der Waals surface area contributed by atoms with E-state index < -0.39 is 5.60 Å². The molecule has 0 aliphatic carbocycles. The van der Waals surface area contributed by atoms with Crippen LogP contribution in [-0.2, 0) is 6.61 Å². The topological polar surface area (TPSA) is 56.6 Å². The summed E-state index contributed by atoms with van der Waals surface area (Å²) in [6.45, 7) is 3.35. The van der Waals surface area contributed by atoms with Gasteiger partial charge in [-0.1, -0.05) is 22.9 Å². The van der Waals surface area contributed by atoms with Crippen LogP contribution in [0.15, 0.2) is 0 Å². The molecule has 1 aromatic rings. The molecule has 1 aliphatic heterocycles. The van der Waals surface area contributed by atoms with Crippen molar-refractivity contribution in [2.45, 2.75) is 32.0 Å². The predicted octanol–water partition coefficient (Wildman–Crippen LogP) is 1.64. The van der Waals surface area contributed by atoms with Crippen molar-refractivity contribution in [2.24, 2.45) is 0 Å². The Bertz CT molecular complexity index is 371. The quantitative estimate of drug-likeness (QED) is 0.851. The number of thiazole rings is 1. The summed E-state index contributed by atoms with van der Waals surface area (Å²) in [7, 11) is 0. The molecule has 0 bridgehead atoms. The number of halogens is 1. The van der Waals surface area contributed by atoms with Crippen LogP contribution < -0.4 is 4.90 Å². The SMILES string of the molecule is CC1(O)CCN(c2nc(Cl)c(CO)s2)CC1. The molecule has 2 rings (SSSR count). The minimum Gasteiger partial charge on any atom is -0.391 e. The van der Waals surface area contributed by atoms with Crippen molar-refractivity contribution in [3.63, 3.8) is 0 Å². The van der Waals surface area contributed by atoms with E-state index in [1.54, 1.807) is 0 Å².